The minimum Gasteiger partial charge on any atom is -0.497 e. The van der Waals surface area contributed by atoms with Crippen LogP contribution in [0.1, 0.15) is 18.9 Å². The largest absolute Gasteiger partial charge is 0.497 e. The molecule has 3 aromatic rings. The van der Waals surface area contributed by atoms with Gasteiger partial charge in [0, 0.05) is 25.0 Å². The van der Waals surface area contributed by atoms with E-state index in [0.717, 1.165) is 22.6 Å². The van der Waals surface area contributed by atoms with E-state index in [2.05, 4.69) is 15.6 Å². The van der Waals surface area contributed by atoms with Gasteiger partial charge < -0.3 is 29.4 Å². The highest BCUT2D eigenvalue weighted by atomic mass is 32.1. The van der Waals surface area contributed by atoms with Gasteiger partial charge in [-0.3, -0.25) is 4.79 Å². The topological polar surface area (TPSA) is 103 Å². The summed E-state index contributed by atoms with van der Waals surface area (Å²) in [5.74, 6) is 1.84. The zero-order valence-corrected chi connectivity index (χ0v) is 20.5. The van der Waals surface area contributed by atoms with Crippen molar-refractivity contribution in [3.05, 3.63) is 58.2 Å². The Balaban J connectivity index is 1.54. The van der Waals surface area contributed by atoms with E-state index in [1.165, 1.54) is 11.3 Å². The smallest absolute Gasteiger partial charge is 0.314 e. The van der Waals surface area contributed by atoms with Crippen LogP contribution < -0.4 is 29.6 Å². The molecule has 0 radical (unpaired) electrons. The normalized spacial score (nSPS) is 12.5. The Morgan fingerprint density at radius 3 is 2.69 bits per heavy atom. The molecule has 0 atom stereocenters. The number of aromatic nitrogens is 1. The summed E-state index contributed by atoms with van der Waals surface area (Å²) in [6.07, 6.45) is 0.839. The molecule has 184 valence electrons. The van der Waals surface area contributed by atoms with Crippen molar-refractivity contribution in [1.29, 1.82) is 0 Å². The number of hydrogen-bond donors (Lipinski definition) is 2. The lowest BCUT2D eigenvalue weighted by Crippen LogP contribution is -2.36. The summed E-state index contributed by atoms with van der Waals surface area (Å²) in [6.45, 7) is 3.72. The number of urea groups is 1. The highest BCUT2D eigenvalue weighted by Crippen LogP contribution is 2.32. The number of amides is 3. The van der Waals surface area contributed by atoms with Crippen LogP contribution in [0.3, 0.4) is 0 Å². The van der Waals surface area contributed by atoms with Gasteiger partial charge in [-0.1, -0.05) is 6.07 Å². The number of nitrogens with zero attached hydrogens (tertiary/aromatic N) is 2. The number of carbonyl (C=O) groups is 2. The first-order valence-corrected chi connectivity index (χ1v) is 12.3. The maximum atomic E-state index is 12.8. The van der Waals surface area contributed by atoms with Crippen molar-refractivity contribution in [3.63, 3.8) is 0 Å². The SMILES string of the molecule is CCNC(=O)NCCCn1c(-c2ccc(OC)cc2)csc1=NC(=O)Cc1ccc2c(c1)OCO2. The fourth-order valence-electron chi connectivity index (χ4n) is 3.66. The molecule has 0 unspecified atom stereocenters. The van der Waals surface area contributed by atoms with Crippen molar-refractivity contribution in [2.24, 2.45) is 4.99 Å². The molecule has 1 aliphatic rings. The van der Waals surface area contributed by atoms with Crippen molar-refractivity contribution in [1.82, 2.24) is 15.2 Å². The van der Waals surface area contributed by atoms with Crippen LogP contribution in [0.4, 0.5) is 4.79 Å². The molecule has 4 rings (SSSR count). The van der Waals surface area contributed by atoms with Crippen molar-refractivity contribution >= 4 is 23.3 Å². The van der Waals surface area contributed by atoms with E-state index in [9.17, 15) is 9.59 Å². The molecule has 1 aromatic heterocycles. The Hall–Kier alpha value is -3.79. The lowest BCUT2D eigenvalue weighted by atomic mass is 10.1. The molecule has 0 saturated heterocycles. The lowest BCUT2D eigenvalue weighted by Gasteiger charge is -2.11. The number of fused-ring (bicyclic) bond motifs is 1. The third-order valence-electron chi connectivity index (χ3n) is 5.38. The summed E-state index contributed by atoms with van der Waals surface area (Å²) in [4.78, 5) is 29.5. The number of ether oxygens (including phenoxy) is 3. The van der Waals surface area contributed by atoms with Gasteiger partial charge in [-0.25, -0.2) is 4.79 Å². The van der Waals surface area contributed by atoms with Crippen LogP contribution in [0.5, 0.6) is 17.2 Å². The monoisotopic (exact) mass is 496 g/mol. The van der Waals surface area contributed by atoms with Gasteiger partial charge in [-0.05, 0) is 60.9 Å². The number of methoxy groups -OCH3 is 1. The fourth-order valence-corrected chi connectivity index (χ4v) is 4.61. The molecule has 0 aliphatic carbocycles. The molecular formula is C25H28N4O5S. The van der Waals surface area contributed by atoms with E-state index in [0.29, 0.717) is 42.4 Å². The van der Waals surface area contributed by atoms with Gasteiger partial charge >= 0.3 is 6.03 Å². The molecule has 2 N–H and O–H groups in total. The Morgan fingerprint density at radius 2 is 1.91 bits per heavy atom. The van der Waals surface area contributed by atoms with E-state index in [-0.39, 0.29) is 25.2 Å². The van der Waals surface area contributed by atoms with Crippen LogP contribution in [0.2, 0.25) is 0 Å². The van der Waals surface area contributed by atoms with Gasteiger partial charge in [0.1, 0.15) is 5.75 Å². The van der Waals surface area contributed by atoms with Crippen molar-refractivity contribution < 1.29 is 23.8 Å². The molecule has 2 heterocycles. The number of thiazole rings is 1. The number of benzene rings is 2. The van der Waals surface area contributed by atoms with Crippen LogP contribution in [0, 0.1) is 0 Å². The van der Waals surface area contributed by atoms with E-state index in [1.54, 1.807) is 13.2 Å². The summed E-state index contributed by atoms with van der Waals surface area (Å²) in [6, 6.07) is 13.0. The zero-order chi connectivity index (χ0) is 24.6. The summed E-state index contributed by atoms with van der Waals surface area (Å²) >= 11 is 1.41. The van der Waals surface area contributed by atoms with Gasteiger partial charge in [-0.15, -0.1) is 11.3 Å². The Morgan fingerprint density at radius 1 is 1.11 bits per heavy atom. The lowest BCUT2D eigenvalue weighted by molar-refractivity contribution is -0.117. The zero-order valence-electron chi connectivity index (χ0n) is 19.7. The standard InChI is InChI=1S/C25H28N4O5S/c1-3-26-24(31)27-11-4-12-29-20(18-6-8-19(32-2)9-7-18)15-35-25(29)28-23(30)14-17-5-10-21-22(13-17)34-16-33-21/h5-10,13,15H,3-4,11-12,14,16H2,1-2H3,(H2,26,27,31). The van der Waals surface area contributed by atoms with Gasteiger partial charge in [0.15, 0.2) is 16.3 Å². The maximum absolute atomic E-state index is 12.8. The van der Waals surface area contributed by atoms with Gasteiger partial charge in [0.25, 0.3) is 5.91 Å². The quantitative estimate of drug-likeness (QED) is 0.443. The second-order valence-corrected chi connectivity index (χ2v) is 8.63. The molecular weight excluding hydrogens is 468 g/mol. The molecule has 1 aliphatic heterocycles. The first-order valence-electron chi connectivity index (χ1n) is 11.4. The highest BCUT2D eigenvalue weighted by molar-refractivity contribution is 7.07. The molecule has 3 amide bonds. The van der Waals surface area contributed by atoms with Crippen molar-refractivity contribution in [3.8, 4) is 28.5 Å². The second kappa shape index (κ2) is 11.6. The second-order valence-electron chi connectivity index (χ2n) is 7.79. The Bertz CT molecular complexity index is 1250. The van der Waals surface area contributed by atoms with E-state index in [1.807, 2.05) is 53.3 Å². The predicted molar refractivity (Wildman–Crippen MR) is 133 cm³/mol. The predicted octanol–water partition coefficient (Wildman–Crippen LogP) is 3.33. The molecule has 35 heavy (non-hydrogen) atoms. The number of carbonyl (C=O) groups excluding carboxylic acids is 2. The van der Waals surface area contributed by atoms with Crippen LogP contribution >= 0.6 is 11.3 Å². The van der Waals surface area contributed by atoms with Crippen molar-refractivity contribution in [2.75, 3.05) is 27.0 Å². The number of rotatable bonds is 9. The van der Waals surface area contributed by atoms with Crippen LogP contribution in [0.25, 0.3) is 11.3 Å². The first-order chi connectivity index (χ1) is 17.1. The summed E-state index contributed by atoms with van der Waals surface area (Å²) in [7, 11) is 1.63. The van der Waals surface area contributed by atoms with E-state index >= 15 is 0 Å². The Labute approximate surface area is 207 Å². The molecule has 10 heteroatoms. The average Bonchev–Trinajstić information content (AvgIpc) is 3.48. The summed E-state index contributed by atoms with van der Waals surface area (Å²) in [5, 5.41) is 7.55. The molecule has 0 spiro atoms. The maximum Gasteiger partial charge on any atom is 0.314 e. The average molecular weight is 497 g/mol. The van der Waals surface area contributed by atoms with Gasteiger partial charge in [0.2, 0.25) is 6.79 Å². The van der Waals surface area contributed by atoms with Crippen LogP contribution in [-0.2, 0) is 17.8 Å². The molecule has 0 bridgehead atoms. The minimum atomic E-state index is -0.249. The fraction of sp³-hybridized carbons (Fsp3) is 0.320. The third-order valence-corrected chi connectivity index (χ3v) is 6.24. The van der Waals surface area contributed by atoms with Gasteiger partial charge in [-0.2, -0.15) is 4.99 Å². The Kier molecular flexibility index (Phi) is 8.04. The van der Waals surface area contributed by atoms with Crippen LogP contribution in [0.15, 0.2) is 52.8 Å². The highest BCUT2D eigenvalue weighted by Gasteiger charge is 2.15. The molecule has 9 nitrogen and oxygen atoms in total. The first kappa shape index (κ1) is 24.3. The summed E-state index contributed by atoms with van der Waals surface area (Å²) in [5.41, 5.74) is 2.75. The van der Waals surface area contributed by atoms with E-state index in [4.69, 9.17) is 14.2 Å². The third kappa shape index (κ3) is 6.21. The van der Waals surface area contributed by atoms with Gasteiger partial charge in [0.05, 0.1) is 19.2 Å². The molecule has 2 aromatic carbocycles. The summed E-state index contributed by atoms with van der Waals surface area (Å²) < 4.78 is 18.0. The molecule has 0 saturated carbocycles. The minimum absolute atomic E-state index is 0.158. The van der Waals surface area contributed by atoms with Crippen LogP contribution in [-0.4, -0.2) is 43.5 Å². The molecule has 0 fully saturated rings. The van der Waals surface area contributed by atoms with Crippen molar-refractivity contribution in [2.45, 2.75) is 26.3 Å². The van der Waals surface area contributed by atoms with E-state index < -0.39 is 0 Å². The number of hydrogen-bond acceptors (Lipinski definition) is 6. The number of nitrogens with one attached hydrogen (secondary N) is 2.